The van der Waals surface area contributed by atoms with Crippen LogP contribution in [0.4, 0.5) is 5.69 Å². The van der Waals surface area contributed by atoms with Crippen LogP contribution in [0.2, 0.25) is 0 Å². The SMILES string of the molecule is CN(CC1CCC1)S(=O)(=O)c1cncc(N)c1. The van der Waals surface area contributed by atoms with Gasteiger partial charge in [-0.1, -0.05) is 6.42 Å². The zero-order valence-corrected chi connectivity index (χ0v) is 10.7. The number of pyridine rings is 1. The summed E-state index contributed by atoms with van der Waals surface area (Å²) in [5.41, 5.74) is 5.91. The van der Waals surface area contributed by atoms with E-state index in [1.54, 1.807) is 7.05 Å². The molecule has 0 aliphatic heterocycles. The topological polar surface area (TPSA) is 76.3 Å². The summed E-state index contributed by atoms with van der Waals surface area (Å²) in [6.07, 6.45) is 6.22. The number of hydrogen-bond acceptors (Lipinski definition) is 4. The van der Waals surface area contributed by atoms with Crippen LogP contribution in [0.3, 0.4) is 0 Å². The molecule has 2 rings (SSSR count). The summed E-state index contributed by atoms with van der Waals surface area (Å²) in [7, 11) is -1.83. The highest BCUT2D eigenvalue weighted by atomic mass is 32.2. The second-order valence-electron chi connectivity index (χ2n) is 4.54. The van der Waals surface area contributed by atoms with E-state index in [1.165, 1.54) is 29.2 Å². The minimum Gasteiger partial charge on any atom is -0.397 e. The van der Waals surface area contributed by atoms with Crippen LogP contribution in [0, 0.1) is 5.92 Å². The van der Waals surface area contributed by atoms with Gasteiger partial charge in [-0.2, -0.15) is 0 Å². The molecule has 1 fully saturated rings. The van der Waals surface area contributed by atoms with Gasteiger partial charge in [0.05, 0.1) is 5.69 Å². The average molecular weight is 255 g/mol. The van der Waals surface area contributed by atoms with E-state index in [-0.39, 0.29) is 4.90 Å². The molecule has 1 aromatic rings. The normalized spacial score (nSPS) is 17.1. The summed E-state index contributed by atoms with van der Waals surface area (Å²) in [5.74, 6) is 0.504. The van der Waals surface area contributed by atoms with Crippen LogP contribution < -0.4 is 5.73 Å². The van der Waals surface area contributed by atoms with Gasteiger partial charge in [0, 0.05) is 26.0 Å². The smallest absolute Gasteiger partial charge is 0.244 e. The van der Waals surface area contributed by atoms with Crippen molar-refractivity contribution in [1.82, 2.24) is 9.29 Å². The molecule has 0 unspecified atom stereocenters. The lowest BCUT2D eigenvalue weighted by Crippen LogP contribution is -2.34. The van der Waals surface area contributed by atoms with Gasteiger partial charge in [-0.25, -0.2) is 12.7 Å². The maximum Gasteiger partial charge on any atom is 0.244 e. The van der Waals surface area contributed by atoms with Gasteiger partial charge in [-0.3, -0.25) is 4.98 Å². The molecule has 6 heteroatoms. The molecule has 0 bridgehead atoms. The fourth-order valence-corrected chi connectivity index (χ4v) is 3.14. The molecule has 1 aromatic heterocycles. The minimum absolute atomic E-state index is 0.166. The van der Waals surface area contributed by atoms with Gasteiger partial charge in [0.15, 0.2) is 0 Å². The summed E-state index contributed by atoms with van der Waals surface area (Å²) in [5, 5.41) is 0. The first-order chi connectivity index (χ1) is 8.00. The summed E-state index contributed by atoms with van der Waals surface area (Å²) in [4.78, 5) is 3.98. The fraction of sp³-hybridized carbons (Fsp3) is 0.545. The van der Waals surface area contributed by atoms with Crippen molar-refractivity contribution in [2.45, 2.75) is 24.2 Å². The highest BCUT2D eigenvalue weighted by Gasteiger charge is 2.26. The van der Waals surface area contributed by atoms with E-state index in [0.29, 0.717) is 18.2 Å². The fourth-order valence-electron chi connectivity index (χ4n) is 1.89. The van der Waals surface area contributed by atoms with Gasteiger partial charge in [0.25, 0.3) is 0 Å². The van der Waals surface area contributed by atoms with Gasteiger partial charge in [0.1, 0.15) is 4.90 Å². The molecule has 1 saturated carbocycles. The third kappa shape index (κ3) is 2.58. The Hall–Kier alpha value is -1.14. The van der Waals surface area contributed by atoms with Crippen LogP contribution >= 0.6 is 0 Å². The van der Waals surface area contributed by atoms with Crippen LogP contribution in [-0.2, 0) is 10.0 Å². The Morgan fingerprint density at radius 2 is 2.18 bits per heavy atom. The van der Waals surface area contributed by atoms with E-state index >= 15 is 0 Å². The van der Waals surface area contributed by atoms with Crippen LogP contribution in [0.25, 0.3) is 0 Å². The first kappa shape index (κ1) is 12.3. The van der Waals surface area contributed by atoms with Crippen molar-refractivity contribution >= 4 is 15.7 Å². The largest absolute Gasteiger partial charge is 0.397 e. The Bertz CT molecular complexity index is 497. The number of hydrogen-bond donors (Lipinski definition) is 1. The van der Waals surface area contributed by atoms with Gasteiger partial charge in [-0.05, 0) is 24.8 Å². The molecule has 0 amide bonds. The number of nitrogen functional groups attached to an aromatic ring is 1. The third-order valence-corrected chi connectivity index (χ3v) is 4.97. The summed E-state index contributed by atoms with van der Waals surface area (Å²) >= 11 is 0. The number of nitrogens with zero attached hydrogens (tertiary/aromatic N) is 2. The molecule has 0 radical (unpaired) electrons. The first-order valence-corrected chi connectivity index (χ1v) is 7.11. The molecule has 17 heavy (non-hydrogen) atoms. The molecule has 5 nitrogen and oxygen atoms in total. The quantitative estimate of drug-likeness (QED) is 0.873. The molecular weight excluding hydrogens is 238 g/mol. The maximum absolute atomic E-state index is 12.2. The van der Waals surface area contributed by atoms with E-state index in [4.69, 9.17) is 5.73 Å². The molecule has 0 atom stereocenters. The Morgan fingerprint density at radius 1 is 1.47 bits per heavy atom. The van der Waals surface area contributed by atoms with Crippen molar-refractivity contribution in [2.24, 2.45) is 5.92 Å². The van der Waals surface area contributed by atoms with Crippen LogP contribution in [-0.4, -0.2) is 31.3 Å². The van der Waals surface area contributed by atoms with Crippen molar-refractivity contribution in [3.8, 4) is 0 Å². The molecule has 0 aromatic carbocycles. The molecule has 2 N–H and O–H groups in total. The molecular formula is C11H17N3O2S. The lowest BCUT2D eigenvalue weighted by molar-refractivity contribution is 0.263. The van der Waals surface area contributed by atoms with E-state index in [9.17, 15) is 8.42 Å². The molecule has 1 aliphatic carbocycles. The second kappa shape index (κ2) is 4.62. The average Bonchev–Trinajstić information content (AvgIpc) is 2.23. The Labute approximate surface area is 102 Å². The van der Waals surface area contributed by atoms with Gasteiger partial charge in [-0.15, -0.1) is 0 Å². The summed E-state index contributed by atoms with van der Waals surface area (Å²) in [6, 6.07) is 1.44. The van der Waals surface area contributed by atoms with Crippen molar-refractivity contribution in [3.63, 3.8) is 0 Å². The zero-order chi connectivity index (χ0) is 12.5. The van der Waals surface area contributed by atoms with Crippen LogP contribution in [0.1, 0.15) is 19.3 Å². The second-order valence-corrected chi connectivity index (χ2v) is 6.58. The van der Waals surface area contributed by atoms with Gasteiger partial charge < -0.3 is 5.73 Å². The molecule has 1 heterocycles. The maximum atomic E-state index is 12.2. The highest BCUT2D eigenvalue weighted by molar-refractivity contribution is 7.89. The lowest BCUT2D eigenvalue weighted by Gasteiger charge is -2.29. The number of nitrogens with two attached hydrogens (primary N) is 1. The summed E-state index contributed by atoms with van der Waals surface area (Å²) < 4.78 is 25.8. The Morgan fingerprint density at radius 3 is 2.71 bits per heavy atom. The summed E-state index contributed by atoms with van der Waals surface area (Å²) in [6.45, 7) is 0.580. The monoisotopic (exact) mass is 255 g/mol. The molecule has 94 valence electrons. The van der Waals surface area contributed by atoms with E-state index in [0.717, 1.165) is 12.8 Å². The van der Waals surface area contributed by atoms with Crippen molar-refractivity contribution in [3.05, 3.63) is 18.5 Å². The van der Waals surface area contributed by atoms with E-state index in [1.807, 2.05) is 0 Å². The number of aromatic nitrogens is 1. The van der Waals surface area contributed by atoms with Crippen molar-refractivity contribution in [2.75, 3.05) is 19.3 Å². The number of anilines is 1. The Balaban J connectivity index is 2.16. The number of sulfonamides is 1. The number of rotatable bonds is 4. The van der Waals surface area contributed by atoms with E-state index < -0.39 is 10.0 Å². The zero-order valence-electron chi connectivity index (χ0n) is 9.83. The van der Waals surface area contributed by atoms with Gasteiger partial charge >= 0.3 is 0 Å². The third-order valence-electron chi connectivity index (χ3n) is 3.18. The molecule has 1 aliphatic rings. The Kier molecular flexibility index (Phi) is 3.35. The van der Waals surface area contributed by atoms with Crippen LogP contribution in [0.5, 0.6) is 0 Å². The molecule has 0 saturated heterocycles. The van der Waals surface area contributed by atoms with Crippen molar-refractivity contribution in [1.29, 1.82) is 0 Å². The predicted molar refractivity (Wildman–Crippen MR) is 65.8 cm³/mol. The predicted octanol–water partition coefficient (Wildman–Crippen LogP) is 1.08. The van der Waals surface area contributed by atoms with Crippen LogP contribution in [0.15, 0.2) is 23.4 Å². The molecule has 0 spiro atoms. The van der Waals surface area contributed by atoms with E-state index in [2.05, 4.69) is 4.98 Å². The standard InChI is InChI=1S/C11H17N3O2S/c1-14(8-9-3-2-4-9)17(15,16)11-5-10(12)6-13-7-11/h5-7,9H,2-4,8,12H2,1H3. The van der Waals surface area contributed by atoms with Gasteiger partial charge in [0.2, 0.25) is 10.0 Å². The highest BCUT2D eigenvalue weighted by Crippen LogP contribution is 2.28. The van der Waals surface area contributed by atoms with Crippen molar-refractivity contribution < 1.29 is 8.42 Å². The minimum atomic E-state index is -3.44. The lowest BCUT2D eigenvalue weighted by atomic mass is 9.86. The first-order valence-electron chi connectivity index (χ1n) is 5.67.